The Labute approximate surface area is 88.0 Å². The lowest BCUT2D eigenvalue weighted by Gasteiger charge is -2.07. The maximum Gasteiger partial charge on any atom is 0.142 e. The minimum Gasteiger partial charge on any atom is -0.383 e. The van der Waals surface area contributed by atoms with Crippen molar-refractivity contribution in [1.82, 2.24) is 14.8 Å². The number of hydrogen-bond donors (Lipinski definition) is 1. The second-order valence-corrected chi connectivity index (χ2v) is 3.86. The van der Waals surface area contributed by atoms with Crippen LogP contribution in [0.3, 0.4) is 0 Å². The van der Waals surface area contributed by atoms with Crippen LogP contribution in [0.5, 0.6) is 0 Å². The highest BCUT2D eigenvalue weighted by atomic mass is 15.3. The topological polar surface area (TPSA) is 42.7 Å². The average Bonchev–Trinajstić information content (AvgIpc) is 2.71. The lowest BCUT2D eigenvalue weighted by atomic mass is 10.2. The van der Waals surface area contributed by atoms with Gasteiger partial charge in [0.15, 0.2) is 0 Å². The van der Waals surface area contributed by atoms with Gasteiger partial charge in [-0.25, -0.2) is 0 Å². The van der Waals surface area contributed by atoms with Crippen molar-refractivity contribution in [2.75, 3.05) is 11.9 Å². The van der Waals surface area contributed by atoms with Crippen LogP contribution in [0.15, 0.2) is 30.6 Å². The fourth-order valence-electron chi connectivity index (χ4n) is 1.95. The first-order valence-electron chi connectivity index (χ1n) is 5.09. The molecule has 1 aromatic carbocycles. The van der Waals surface area contributed by atoms with Crippen molar-refractivity contribution in [1.29, 1.82) is 0 Å². The van der Waals surface area contributed by atoms with Gasteiger partial charge in [-0.3, -0.25) is 4.57 Å². The zero-order valence-electron chi connectivity index (χ0n) is 8.51. The third-order valence-electron chi connectivity index (χ3n) is 2.78. The molecule has 15 heavy (non-hydrogen) atoms. The van der Waals surface area contributed by atoms with Gasteiger partial charge in [-0.1, -0.05) is 19.1 Å². The SMILES string of the molecule is CC1CNc2ccccc2-n2cnnc21. The molecule has 0 fully saturated rings. The maximum atomic E-state index is 4.17. The molecule has 0 aliphatic carbocycles. The monoisotopic (exact) mass is 200 g/mol. The number of benzene rings is 1. The fraction of sp³-hybridized carbons (Fsp3) is 0.273. The Morgan fingerprint density at radius 1 is 1.40 bits per heavy atom. The molecular weight excluding hydrogens is 188 g/mol. The first kappa shape index (κ1) is 8.47. The van der Waals surface area contributed by atoms with Gasteiger partial charge in [-0.05, 0) is 12.1 Å². The summed E-state index contributed by atoms with van der Waals surface area (Å²) >= 11 is 0. The Bertz CT molecular complexity index is 489. The molecular formula is C11H12N4. The lowest BCUT2D eigenvalue weighted by Crippen LogP contribution is -2.09. The summed E-state index contributed by atoms with van der Waals surface area (Å²) < 4.78 is 2.06. The molecule has 2 aromatic rings. The van der Waals surface area contributed by atoms with E-state index < -0.39 is 0 Å². The van der Waals surface area contributed by atoms with Crippen LogP contribution >= 0.6 is 0 Å². The molecule has 76 valence electrons. The lowest BCUT2D eigenvalue weighted by molar-refractivity contribution is 0.724. The van der Waals surface area contributed by atoms with Crippen molar-refractivity contribution in [3.63, 3.8) is 0 Å². The van der Waals surface area contributed by atoms with Crippen molar-refractivity contribution in [3.05, 3.63) is 36.4 Å². The smallest absolute Gasteiger partial charge is 0.142 e. The summed E-state index contributed by atoms with van der Waals surface area (Å²) in [5, 5.41) is 11.6. The second kappa shape index (κ2) is 3.08. The van der Waals surface area contributed by atoms with Crippen LogP contribution in [-0.2, 0) is 0 Å². The highest BCUT2D eigenvalue weighted by molar-refractivity contribution is 5.62. The van der Waals surface area contributed by atoms with E-state index in [0.717, 1.165) is 23.7 Å². The molecule has 0 saturated heterocycles. The summed E-state index contributed by atoms with van der Waals surface area (Å²) in [5.74, 6) is 1.40. The highest BCUT2D eigenvalue weighted by Crippen LogP contribution is 2.27. The van der Waals surface area contributed by atoms with Crippen molar-refractivity contribution < 1.29 is 0 Å². The van der Waals surface area contributed by atoms with Crippen LogP contribution in [0.1, 0.15) is 18.7 Å². The number of hydrogen-bond acceptors (Lipinski definition) is 3. The number of nitrogens with one attached hydrogen (secondary N) is 1. The summed E-state index contributed by atoms with van der Waals surface area (Å²) in [6, 6.07) is 8.22. The summed E-state index contributed by atoms with van der Waals surface area (Å²) in [6.07, 6.45) is 1.78. The van der Waals surface area contributed by atoms with E-state index in [1.165, 1.54) is 0 Å². The predicted molar refractivity (Wildman–Crippen MR) is 58.3 cm³/mol. The number of para-hydroxylation sites is 2. The predicted octanol–water partition coefficient (Wildman–Crippen LogP) is 1.80. The standard InChI is InChI=1S/C11H12N4/c1-8-6-12-9-4-2-3-5-10(9)15-7-13-14-11(8)15/h2-5,7-8,12H,6H2,1H3. The van der Waals surface area contributed by atoms with E-state index in [1.807, 2.05) is 12.1 Å². The first-order chi connectivity index (χ1) is 7.36. The van der Waals surface area contributed by atoms with E-state index in [4.69, 9.17) is 0 Å². The Morgan fingerprint density at radius 3 is 3.20 bits per heavy atom. The molecule has 1 aromatic heterocycles. The zero-order chi connectivity index (χ0) is 10.3. The van der Waals surface area contributed by atoms with Gasteiger partial charge in [0.25, 0.3) is 0 Å². The zero-order valence-corrected chi connectivity index (χ0v) is 8.51. The van der Waals surface area contributed by atoms with E-state index in [-0.39, 0.29) is 0 Å². The Balaban J connectivity index is 2.26. The Kier molecular flexibility index (Phi) is 1.74. The number of anilines is 1. The van der Waals surface area contributed by atoms with Crippen molar-refractivity contribution in [2.24, 2.45) is 0 Å². The van der Waals surface area contributed by atoms with Gasteiger partial charge in [0.1, 0.15) is 12.2 Å². The van der Waals surface area contributed by atoms with Gasteiger partial charge in [0, 0.05) is 12.5 Å². The minimum atomic E-state index is 0.375. The molecule has 0 amide bonds. The Morgan fingerprint density at radius 2 is 2.27 bits per heavy atom. The van der Waals surface area contributed by atoms with Crippen LogP contribution in [-0.4, -0.2) is 21.3 Å². The number of fused-ring (bicyclic) bond motifs is 3. The molecule has 1 aliphatic rings. The van der Waals surface area contributed by atoms with Crippen molar-refractivity contribution in [3.8, 4) is 5.69 Å². The van der Waals surface area contributed by atoms with Crippen LogP contribution < -0.4 is 5.32 Å². The molecule has 1 atom stereocenters. The molecule has 4 nitrogen and oxygen atoms in total. The second-order valence-electron chi connectivity index (χ2n) is 3.86. The van der Waals surface area contributed by atoms with Gasteiger partial charge < -0.3 is 5.32 Å². The number of nitrogens with zero attached hydrogens (tertiary/aromatic N) is 3. The molecule has 4 heteroatoms. The molecule has 3 rings (SSSR count). The summed E-state index contributed by atoms with van der Waals surface area (Å²) in [5.41, 5.74) is 2.27. The molecule has 0 bridgehead atoms. The summed E-state index contributed by atoms with van der Waals surface area (Å²) in [7, 11) is 0. The van der Waals surface area contributed by atoms with Gasteiger partial charge >= 0.3 is 0 Å². The van der Waals surface area contributed by atoms with Crippen LogP contribution in [0.4, 0.5) is 5.69 Å². The number of rotatable bonds is 0. The van der Waals surface area contributed by atoms with Crippen molar-refractivity contribution in [2.45, 2.75) is 12.8 Å². The average molecular weight is 200 g/mol. The van der Waals surface area contributed by atoms with E-state index in [2.05, 4.69) is 39.1 Å². The summed E-state index contributed by atoms with van der Waals surface area (Å²) in [4.78, 5) is 0. The van der Waals surface area contributed by atoms with Crippen LogP contribution in [0.2, 0.25) is 0 Å². The quantitative estimate of drug-likeness (QED) is 0.705. The van der Waals surface area contributed by atoms with Gasteiger partial charge in [0.05, 0.1) is 11.4 Å². The molecule has 0 saturated carbocycles. The minimum absolute atomic E-state index is 0.375. The molecule has 1 aliphatic heterocycles. The largest absolute Gasteiger partial charge is 0.383 e. The van der Waals surface area contributed by atoms with E-state index in [0.29, 0.717) is 5.92 Å². The third-order valence-corrected chi connectivity index (χ3v) is 2.78. The maximum absolute atomic E-state index is 4.17. The van der Waals surface area contributed by atoms with Gasteiger partial charge in [-0.2, -0.15) is 0 Å². The molecule has 0 spiro atoms. The van der Waals surface area contributed by atoms with Crippen LogP contribution in [0, 0.1) is 0 Å². The molecule has 1 N–H and O–H groups in total. The highest BCUT2D eigenvalue weighted by Gasteiger charge is 2.19. The fourth-order valence-corrected chi connectivity index (χ4v) is 1.95. The van der Waals surface area contributed by atoms with Crippen molar-refractivity contribution >= 4 is 5.69 Å². The normalized spacial score (nSPS) is 18.6. The van der Waals surface area contributed by atoms with Gasteiger partial charge in [0.2, 0.25) is 0 Å². The van der Waals surface area contributed by atoms with Gasteiger partial charge in [-0.15, -0.1) is 10.2 Å². The first-order valence-corrected chi connectivity index (χ1v) is 5.09. The van der Waals surface area contributed by atoms with E-state index >= 15 is 0 Å². The Hall–Kier alpha value is -1.84. The third kappa shape index (κ3) is 1.21. The molecule has 1 unspecified atom stereocenters. The summed E-state index contributed by atoms with van der Waals surface area (Å²) in [6.45, 7) is 3.05. The van der Waals surface area contributed by atoms with Crippen LogP contribution in [0.25, 0.3) is 5.69 Å². The number of aromatic nitrogens is 3. The molecule has 2 heterocycles. The van der Waals surface area contributed by atoms with E-state index in [1.54, 1.807) is 6.33 Å². The molecule has 0 radical (unpaired) electrons. The van der Waals surface area contributed by atoms with E-state index in [9.17, 15) is 0 Å².